The fourth-order valence-corrected chi connectivity index (χ4v) is 3.63. The van der Waals surface area contributed by atoms with E-state index >= 15 is 0 Å². The van der Waals surface area contributed by atoms with E-state index < -0.39 is 27.9 Å². The molecule has 31 heavy (non-hydrogen) atoms. The maximum absolute atomic E-state index is 13.5. The molecular weight excluding hydrogens is 432 g/mol. The van der Waals surface area contributed by atoms with Crippen LogP contribution in [0.1, 0.15) is 19.8 Å². The molecular formula is C20H21F2N3O5S. The third kappa shape index (κ3) is 5.43. The second-order valence-corrected chi connectivity index (χ2v) is 8.06. The van der Waals surface area contributed by atoms with Crippen molar-refractivity contribution in [1.82, 2.24) is 9.71 Å². The Hall–Kier alpha value is -3.34. The lowest BCUT2D eigenvalue weighted by atomic mass is 10.1. The number of hydrogen-bond donors (Lipinski definition) is 3. The molecule has 3 aromatic rings. The minimum absolute atomic E-state index is 0.0462. The number of nitrogens with one attached hydrogen (secondary N) is 3. The smallest absolute Gasteiger partial charge is 0.422 e. The number of carbonyl (C=O) groups is 1. The first-order valence-corrected chi connectivity index (χ1v) is 10.8. The summed E-state index contributed by atoms with van der Waals surface area (Å²) in [7, 11) is -2.95. The first-order valence-electron chi connectivity index (χ1n) is 9.36. The van der Waals surface area contributed by atoms with Gasteiger partial charge in [-0.2, -0.15) is 8.42 Å². The van der Waals surface area contributed by atoms with Crippen molar-refractivity contribution in [1.29, 1.82) is 0 Å². The number of methoxy groups -OCH3 is 1. The van der Waals surface area contributed by atoms with Crippen molar-refractivity contribution in [2.24, 2.45) is 0 Å². The summed E-state index contributed by atoms with van der Waals surface area (Å²) < 4.78 is 65.5. The first kappa shape index (κ1) is 22.3. The molecule has 1 heterocycles. The molecule has 0 aliphatic carbocycles. The van der Waals surface area contributed by atoms with Crippen LogP contribution in [0.2, 0.25) is 0 Å². The van der Waals surface area contributed by atoms with Crippen LogP contribution in [0.5, 0.6) is 5.75 Å². The number of hydrogen-bond acceptors (Lipinski definition) is 5. The molecule has 2 aromatic carbocycles. The lowest BCUT2D eigenvalue weighted by Gasteiger charge is -2.13. The minimum atomic E-state index is -4.30. The van der Waals surface area contributed by atoms with E-state index in [1.165, 1.54) is 19.2 Å². The standard InChI is InChI=1S/C20H21F2N3O5S/c1-3-4-7-30-20(26)25-31(27,28)24-18-9-12(5-6-19(18)29-2)16-10-13-8-14(21)15(22)11-17(13)23-16/h5-6,8-11,23-24H,3-4,7H2,1-2H3,(H,25,26). The predicted molar refractivity (Wildman–Crippen MR) is 112 cm³/mol. The zero-order chi connectivity index (χ0) is 22.6. The van der Waals surface area contributed by atoms with Crippen LogP contribution in [0.25, 0.3) is 22.2 Å². The van der Waals surface area contributed by atoms with Crippen LogP contribution >= 0.6 is 0 Å². The first-order chi connectivity index (χ1) is 14.7. The van der Waals surface area contributed by atoms with E-state index in [1.54, 1.807) is 16.9 Å². The fourth-order valence-electron chi connectivity index (χ4n) is 2.86. The largest absolute Gasteiger partial charge is 0.495 e. The monoisotopic (exact) mass is 453 g/mol. The molecule has 1 amide bonds. The summed E-state index contributed by atoms with van der Waals surface area (Å²) in [5.41, 5.74) is 1.43. The number of carbonyl (C=O) groups excluding carboxylic acids is 1. The van der Waals surface area contributed by atoms with E-state index in [1.807, 2.05) is 6.92 Å². The summed E-state index contributed by atoms with van der Waals surface area (Å²) in [6, 6.07) is 8.31. The average Bonchev–Trinajstić information content (AvgIpc) is 3.10. The van der Waals surface area contributed by atoms with E-state index in [4.69, 9.17) is 9.47 Å². The number of ether oxygens (including phenoxy) is 2. The molecule has 0 unspecified atom stereocenters. The average molecular weight is 453 g/mol. The number of H-pyrrole nitrogens is 1. The lowest BCUT2D eigenvalue weighted by molar-refractivity contribution is 0.151. The van der Waals surface area contributed by atoms with Gasteiger partial charge >= 0.3 is 16.3 Å². The number of anilines is 1. The Morgan fingerprint density at radius 1 is 1.13 bits per heavy atom. The van der Waals surface area contributed by atoms with Gasteiger partial charge in [0.1, 0.15) is 5.75 Å². The quantitative estimate of drug-likeness (QED) is 0.441. The predicted octanol–water partition coefficient (Wildman–Crippen LogP) is 4.30. The van der Waals surface area contributed by atoms with Crippen LogP contribution in [0.15, 0.2) is 36.4 Å². The molecule has 0 aliphatic heterocycles. The molecule has 11 heteroatoms. The van der Waals surface area contributed by atoms with Crippen LogP contribution in [0, 0.1) is 11.6 Å². The molecule has 1 aromatic heterocycles. The number of unbranched alkanes of at least 4 members (excludes halogenated alkanes) is 1. The Bertz CT molecular complexity index is 1170. The summed E-state index contributed by atoms with van der Waals surface area (Å²) in [5.74, 6) is -1.76. The SMILES string of the molecule is CCCCOC(=O)NS(=O)(=O)Nc1cc(-c2cc3cc(F)c(F)cc3[nH]2)ccc1OC. The molecule has 0 fully saturated rings. The molecule has 0 spiro atoms. The molecule has 3 rings (SSSR count). The zero-order valence-electron chi connectivity index (χ0n) is 16.8. The third-order valence-electron chi connectivity index (χ3n) is 4.37. The van der Waals surface area contributed by atoms with E-state index in [9.17, 15) is 22.0 Å². The second kappa shape index (κ2) is 9.21. The third-order valence-corrected chi connectivity index (χ3v) is 5.29. The highest BCUT2D eigenvalue weighted by Crippen LogP contribution is 2.32. The number of halogens is 2. The lowest BCUT2D eigenvalue weighted by Crippen LogP contribution is -2.36. The highest BCUT2D eigenvalue weighted by Gasteiger charge is 2.18. The molecule has 0 aliphatic rings. The topological polar surface area (TPSA) is 110 Å². The number of amides is 1. The Morgan fingerprint density at radius 2 is 1.87 bits per heavy atom. The number of rotatable bonds is 8. The maximum atomic E-state index is 13.5. The molecule has 166 valence electrons. The van der Waals surface area contributed by atoms with Gasteiger partial charge in [-0.05, 0) is 36.8 Å². The van der Waals surface area contributed by atoms with E-state index in [2.05, 4.69) is 9.71 Å². The zero-order valence-corrected chi connectivity index (χ0v) is 17.6. The van der Waals surface area contributed by atoms with Gasteiger partial charge in [0.05, 0.1) is 19.4 Å². The molecule has 3 N–H and O–H groups in total. The number of aromatic nitrogens is 1. The van der Waals surface area contributed by atoms with Crippen molar-refractivity contribution in [3.63, 3.8) is 0 Å². The van der Waals surface area contributed by atoms with Gasteiger partial charge in [0, 0.05) is 28.2 Å². The van der Waals surface area contributed by atoms with Crippen LogP contribution in [0.3, 0.4) is 0 Å². The summed E-state index contributed by atoms with van der Waals surface area (Å²) >= 11 is 0. The summed E-state index contributed by atoms with van der Waals surface area (Å²) in [5, 5.41) is 0.448. The van der Waals surface area contributed by atoms with Crippen LogP contribution < -0.4 is 14.2 Å². The number of aromatic amines is 1. The van der Waals surface area contributed by atoms with E-state index in [0.29, 0.717) is 28.6 Å². The van der Waals surface area contributed by atoms with Crippen molar-refractivity contribution in [2.45, 2.75) is 19.8 Å². The second-order valence-electron chi connectivity index (χ2n) is 6.65. The molecule has 0 bridgehead atoms. The molecule has 0 saturated carbocycles. The van der Waals surface area contributed by atoms with Crippen molar-refractivity contribution < 1.29 is 31.5 Å². The highest BCUT2D eigenvalue weighted by atomic mass is 32.2. The van der Waals surface area contributed by atoms with Crippen LogP contribution in [-0.2, 0) is 14.9 Å². The molecule has 0 saturated heterocycles. The van der Waals surface area contributed by atoms with Gasteiger partial charge in [-0.1, -0.05) is 13.3 Å². The van der Waals surface area contributed by atoms with Crippen molar-refractivity contribution in [3.8, 4) is 17.0 Å². The highest BCUT2D eigenvalue weighted by molar-refractivity contribution is 7.91. The molecule has 0 atom stereocenters. The molecule has 0 radical (unpaired) electrons. The van der Waals surface area contributed by atoms with Crippen molar-refractivity contribution in [2.75, 3.05) is 18.4 Å². The van der Waals surface area contributed by atoms with Crippen LogP contribution in [0.4, 0.5) is 19.3 Å². The van der Waals surface area contributed by atoms with E-state index in [-0.39, 0.29) is 18.0 Å². The van der Waals surface area contributed by atoms with Gasteiger partial charge in [0.25, 0.3) is 0 Å². The van der Waals surface area contributed by atoms with Gasteiger partial charge < -0.3 is 14.5 Å². The number of fused-ring (bicyclic) bond motifs is 1. The minimum Gasteiger partial charge on any atom is -0.495 e. The molecule has 8 nitrogen and oxygen atoms in total. The summed E-state index contributed by atoms with van der Waals surface area (Å²) in [4.78, 5) is 14.6. The Balaban J connectivity index is 1.86. The van der Waals surface area contributed by atoms with Crippen molar-refractivity contribution in [3.05, 3.63) is 48.0 Å². The van der Waals surface area contributed by atoms with Crippen molar-refractivity contribution >= 4 is 32.9 Å². The Kier molecular flexibility index (Phi) is 6.64. The Morgan fingerprint density at radius 3 is 2.58 bits per heavy atom. The van der Waals surface area contributed by atoms with E-state index in [0.717, 1.165) is 18.6 Å². The Labute approximate surface area is 177 Å². The normalized spacial score (nSPS) is 11.4. The van der Waals surface area contributed by atoms with Gasteiger partial charge in [-0.3, -0.25) is 4.72 Å². The van der Waals surface area contributed by atoms with Gasteiger partial charge in [0.15, 0.2) is 11.6 Å². The van der Waals surface area contributed by atoms with Gasteiger partial charge in [0.2, 0.25) is 0 Å². The fraction of sp³-hybridized carbons (Fsp3) is 0.250. The van der Waals surface area contributed by atoms with Gasteiger partial charge in [-0.25, -0.2) is 18.3 Å². The summed E-state index contributed by atoms with van der Waals surface area (Å²) in [6.07, 6.45) is 0.292. The van der Waals surface area contributed by atoms with Crippen LogP contribution in [-0.4, -0.2) is 33.2 Å². The van der Waals surface area contributed by atoms with Gasteiger partial charge in [-0.15, -0.1) is 0 Å². The summed E-state index contributed by atoms with van der Waals surface area (Å²) in [6.45, 7) is 2.00. The maximum Gasteiger partial charge on any atom is 0.422 e. The number of benzene rings is 2.